The number of hydrogen-bond acceptors (Lipinski definition) is 5. The van der Waals surface area contributed by atoms with E-state index in [0.717, 1.165) is 5.56 Å². The highest BCUT2D eigenvalue weighted by atomic mass is 16.4. The number of carboxylic acid groups (broad SMARTS) is 1. The standard InChI is InChI=1S/C11H10N4O2/c16-10(17)9-3-5-13-11(15-9)14-7-8-2-1-4-12-6-8/h1-6H,7H2,(H,16,17)(H,13,14,15). The maximum absolute atomic E-state index is 10.7. The SMILES string of the molecule is O=C(O)c1ccnc(NCc2cccnc2)n1. The Balaban J connectivity index is 2.04. The molecule has 17 heavy (non-hydrogen) atoms. The summed E-state index contributed by atoms with van der Waals surface area (Å²) in [5.74, 6) is -0.786. The molecule has 2 rings (SSSR count). The summed E-state index contributed by atoms with van der Waals surface area (Å²) in [6.45, 7) is 0.497. The molecule has 0 amide bonds. The Kier molecular flexibility index (Phi) is 3.25. The third kappa shape index (κ3) is 2.97. The fourth-order valence-corrected chi connectivity index (χ4v) is 1.25. The van der Waals surface area contributed by atoms with Crippen LogP contribution in [-0.4, -0.2) is 26.0 Å². The molecule has 0 bridgehead atoms. The molecule has 6 heteroatoms. The first-order chi connectivity index (χ1) is 8.25. The van der Waals surface area contributed by atoms with Gasteiger partial charge >= 0.3 is 5.97 Å². The topological polar surface area (TPSA) is 88.0 Å². The van der Waals surface area contributed by atoms with E-state index in [1.165, 1.54) is 12.3 Å². The summed E-state index contributed by atoms with van der Waals surface area (Å²) in [7, 11) is 0. The zero-order valence-corrected chi connectivity index (χ0v) is 8.87. The van der Waals surface area contributed by atoms with Crippen molar-refractivity contribution in [1.29, 1.82) is 0 Å². The van der Waals surface area contributed by atoms with Gasteiger partial charge in [0.2, 0.25) is 5.95 Å². The minimum absolute atomic E-state index is 0.0336. The van der Waals surface area contributed by atoms with E-state index in [2.05, 4.69) is 20.3 Å². The largest absolute Gasteiger partial charge is 0.477 e. The van der Waals surface area contributed by atoms with Crippen molar-refractivity contribution in [3.8, 4) is 0 Å². The molecule has 2 N–H and O–H groups in total. The van der Waals surface area contributed by atoms with Crippen LogP contribution in [-0.2, 0) is 6.54 Å². The average molecular weight is 230 g/mol. The molecular weight excluding hydrogens is 220 g/mol. The normalized spacial score (nSPS) is 9.88. The minimum Gasteiger partial charge on any atom is -0.477 e. The van der Waals surface area contributed by atoms with Gasteiger partial charge < -0.3 is 10.4 Å². The zero-order chi connectivity index (χ0) is 12.1. The van der Waals surface area contributed by atoms with E-state index in [1.54, 1.807) is 12.4 Å². The van der Waals surface area contributed by atoms with Crippen molar-refractivity contribution in [1.82, 2.24) is 15.0 Å². The van der Waals surface area contributed by atoms with Crippen LogP contribution in [0, 0.1) is 0 Å². The summed E-state index contributed by atoms with van der Waals surface area (Å²) in [5.41, 5.74) is 0.936. The Labute approximate surface area is 97.4 Å². The summed E-state index contributed by atoms with van der Waals surface area (Å²) in [5, 5.41) is 11.7. The van der Waals surface area contributed by atoms with Gasteiger partial charge in [-0.25, -0.2) is 14.8 Å². The van der Waals surface area contributed by atoms with E-state index >= 15 is 0 Å². The Hall–Kier alpha value is -2.50. The van der Waals surface area contributed by atoms with Crippen molar-refractivity contribution >= 4 is 11.9 Å². The van der Waals surface area contributed by atoms with Gasteiger partial charge in [0.1, 0.15) is 0 Å². The number of aromatic nitrogens is 3. The van der Waals surface area contributed by atoms with Gasteiger partial charge in [-0.2, -0.15) is 0 Å². The highest BCUT2D eigenvalue weighted by Gasteiger charge is 2.05. The van der Waals surface area contributed by atoms with Gasteiger partial charge in [0.05, 0.1) is 0 Å². The zero-order valence-electron chi connectivity index (χ0n) is 8.87. The van der Waals surface area contributed by atoms with Crippen molar-refractivity contribution in [3.05, 3.63) is 48.0 Å². The Morgan fingerprint density at radius 3 is 2.94 bits per heavy atom. The predicted octanol–water partition coefficient (Wildman–Crippen LogP) is 1.18. The maximum atomic E-state index is 10.7. The molecule has 0 aliphatic carbocycles. The van der Waals surface area contributed by atoms with Crippen molar-refractivity contribution < 1.29 is 9.90 Å². The van der Waals surface area contributed by atoms with Crippen LogP contribution in [0.2, 0.25) is 0 Å². The van der Waals surface area contributed by atoms with E-state index in [-0.39, 0.29) is 11.6 Å². The summed E-state index contributed by atoms with van der Waals surface area (Å²) >= 11 is 0. The number of anilines is 1. The highest BCUT2D eigenvalue weighted by molar-refractivity contribution is 5.85. The monoisotopic (exact) mass is 230 g/mol. The first kappa shape index (κ1) is 11.0. The molecule has 2 heterocycles. The van der Waals surface area contributed by atoms with Crippen LogP contribution in [0.4, 0.5) is 5.95 Å². The number of carbonyl (C=O) groups is 1. The first-order valence-corrected chi connectivity index (χ1v) is 4.95. The van der Waals surface area contributed by atoms with E-state index in [1.807, 2.05) is 12.1 Å². The molecule has 0 saturated carbocycles. The summed E-state index contributed by atoms with van der Waals surface area (Å²) in [4.78, 5) is 22.4. The smallest absolute Gasteiger partial charge is 0.354 e. The Morgan fingerprint density at radius 1 is 1.35 bits per heavy atom. The molecular formula is C11H10N4O2. The van der Waals surface area contributed by atoms with Crippen LogP contribution in [0.25, 0.3) is 0 Å². The molecule has 0 fully saturated rings. The lowest BCUT2D eigenvalue weighted by molar-refractivity contribution is 0.0690. The van der Waals surface area contributed by atoms with Crippen LogP contribution in [0.1, 0.15) is 16.1 Å². The number of rotatable bonds is 4. The van der Waals surface area contributed by atoms with Gasteiger partial charge in [0.15, 0.2) is 5.69 Å². The van der Waals surface area contributed by atoms with Crippen molar-refractivity contribution in [2.45, 2.75) is 6.54 Å². The van der Waals surface area contributed by atoms with Gasteiger partial charge in [0.25, 0.3) is 0 Å². The van der Waals surface area contributed by atoms with Gasteiger partial charge in [0, 0.05) is 25.1 Å². The fraction of sp³-hybridized carbons (Fsp3) is 0.0909. The average Bonchev–Trinajstić information content (AvgIpc) is 2.38. The molecule has 0 radical (unpaired) electrons. The van der Waals surface area contributed by atoms with E-state index < -0.39 is 5.97 Å². The van der Waals surface area contributed by atoms with Crippen molar-refractivity contribution in [2.75, 3.05) is 5.32 Å². The summed E-state index contributed by atoms with van der Waals surface area (Å²) in [6, 6.07) is 5.07. The lowest BCUT2D eigenvalue weighted by atomic mass is 10.3. The molecule has 86 valence electrons. The summed E-state index contributed by atoms with van der Waals surface area (Å²) in [6.07, 6.45) is 4.81. The molecule has 2 aromatic heterocycles. The van der Waals surface area contributed by atoms with Gasteiger partial charge in [-0.05, 0) is 17.7 Å². The number of carboxylic acids is 1. The number of aromatic carboxylic acids is 1. The van der Waals surface area contributed by atoms with E-state index in [9.17, 15) is 4.79 Å². The van der Waals surface area contributed by atoms with Gasteiger partial charge in [-0.3, -0.25) is 4.98 Å². The molecule has 0 spiro atoms. The third-order valence-corrected chi connectivity index (χ3v) is 2.05. The fourth-order valence-electron chi connectivity index (χ4n) is 1.25. The molecule has 0 saturated heterocycles. The van der Waals surface area contributed by atoms with Gasteiger partial charge in [-0.1, -0.05) is 6.07 Å². The molecule has 6 nitrogen and oxygen atoms in total. The Morgan fingerprint density at radius 2 is 2.24 bits per heavy atom. The lowest BCUT2D eigenvalue weighted by Crippen LogP contribution is -2.07. The second kappa shape index (κ2) is 5.02. The second-order valence-electron chi connectivity index (χ2n) is 3.29. The molecule has 0 unspecified atom stereocenters. The predicted molar refractivity (Wildman–Crippen MR) is 60.6 cm³/mol. The molecule has 0 aliphatic rings. The first-order valence-electron chi connectivity index (χ1n) is 4.95. The number of pyridine rings is 1. The van der Waals surface area contributed by atoms with Crippen LogP contribution < -0.4 is 5.32 Å². The van der Waals surface area contributed by atoms with Crippen LogP contribution in [0.5, 0.6) is 0 Å². The molecule has 0 aliphatic heterocycles. The molecule has 0 atom stereocenters. The van der Waals surface area contributed by atoms with Crippen molar-refractivity contribution in [2.24, 2.45) is 0 Å². The van der Waals surface area contributed by atoms with Crippen LogP contribution in [0.15, 0.2) is 36.8 Å². The van der Waals surface area contributed by atoms with Crippen LogP contribution >= 0.6 is 0 Å². The Bertz CT molecular complexity index is 516. The van der Waals surface area contributed by atoms with Crippen LogP contribution in [0.3, 0.4) is 0 Å². The quantitative estimate of drug-likeness (QED) is 0.820. The lowest BCUT2D eigenvalue weighted by Gasteiger charge is -2.04. The van der Waals surface area contributed by atoms with Gasteiger partial charge in [-0.15, -0.1) is 0 Å². The maximum Gasteiger partial charge on any atom is 0.354 e. The number of hydrogen-bond donors (Lipinski definition) is 2. The number of nitrogens with one attached hydrogen (secondary N) is 1. The molecule has 2 aromatic rings. The third-order valence-electron chi connectivity index (χ3n) is 2.05. The molecule has 0 aromatic carbocycles. The highest BCUT2D eigenvalue weighted by Crippen LogP contribution is 2.03. The van der Waals surface area contributed by atoms with E-state index in [0.29, 0.717) is 6.54 Å². The van der Waals surface area contributed by atoms with E-state index in [4.69, 9.17) is 5.11 Å². The summed E-state index contributed by atoms with van der Waals surface area (Å²) < 4.78 is 0. The number of nitrogens with zero attached hydrogens (tertiary/aromatic N) is 3. The minimum atomic E-state index is -1.07. The second-order valence-corrected chi connectivity index (χ2v) is 3.29. The van der Waals surface area contributed by atoms with Crippen molar-refractivity contribution in [3.63, 3.8) is 0 Å².